The Bertz CT molecular complexity index is 705. The normalized spacial score (nSPS) is 15.2. The molecule has 0 aromatic heterocycles. The van der Waals surface area contributed by atoms with Crippen LogP contribution in [0, 0.1) is 0 Å². The Morgan fingerprint density at radius 1 is 0.688 bits per heavy atom. The van der Waals surface area contributed by atoms with Crippen LogP contribution in [0.4, 0.5) is 0 Å². The van der Waals surface area contributed by atoms with Crippen molar-refractivity contribution in [1.82, 2.24) is 20.4 Å². The molecule has 0 aliphatic carbocycles. The maximum Gasteiger partial charge on any atom is 0.253 e. The van der Waals surface area contributed by atoms with E-state index in [0.717, 1.165) is 22.0 Å². The minimum atomic E-state index is -0.427. The van der Waals surface area contributed by atoms with Crippen molar-refractivity contribution in [2.24, 2.45) is 0 Å². The SMILES string of the molecule is O=C(CCN1C(=O)C=CC1=O)NCCCOCCOCNC(=O)CCN1C(=O)C=CC1=O. The Kier molecular flexibility index (Phi) is 10.2. The molecule has 174 valence electrons. The van der Waals surface area contributed by atoms with E-state index in [1.807, 2.05) is 0 Å². The van der Waals surface area contributed by atoms with Crippen molar-refractivity contribution >= 4 is 35.4 Å². The first-order valence-corrected chi connectivity index (χ1v) is 10.1. The fourth-order valence-corrected chi connectivity index (χ4v) is 2.73. The van der Waals surface area contributed by atoms with Crippen LogP contribution in [0.1, 0.15) is 19.3 Å². The molecule has 0 saturated heterocycles. The number of hydrogen-bond acceptors (Lipinski definition) is 8. The first-order valence-electron chi connectivity index (χ1n) is 10.1. The molecule has 0 unspecified atom stereocenters. The van der Waals surface area contributed by atoms with Gasteiger partial charge < -0.3 is 20.1 Å². The van der Waals surface area contributed by atoms with Gasteiger partial charge in [0.15, 0.2) is 0 Å². The lowest BCUT2D eigenvalue weighted by Gasteiger charge is -2.13. The average molecular weight is 450 g/mol. The third-order valence-corrected chi connectivity index (χ3v) is 4.46. The van der Waals surface area contributed by atoms with Gasteiger partial charge in [-0.1, -0.05) is 0 Å². The predicted molar refractivity (Wildman–Crippen MR) is 108 cm³/mol. The molecule has 2 aliphatic rings. The van der Waals surface area contributed by atoms with Gasteiger partial charge in [-0.15, -0.1) is 0 Å². The van der Waals surface area contributed by atoms with Crippen LogP contribution in [0.25, 0.3) is 0 Å². The van der Waals surface area contributed by atoms with Gasteiger partial charge in [-0.2, -0.15) is 0 Å². The number of nitrogens with one attached hydrogen (secondary N) is 2. The van der Waals surface area contributed by atoms with Gasteiger partial charge in [0.2, 0.25) is 11.8 Å². The summed E-state index contributed by atoms with van der Waals surface area (Å²) in [4.78, 5) is 70.8. The zero-order valence-electron chi connectivity index (χ0n) is 17.5. The Morgan fingerprint density at radius 3 is 1.69 bits per heavy atom. The van der Waals surface area contributed by atoms with Gasteiger partial charge >= 0.3 is 0 Å². The van der Waals surface area contributed by atoms with E-state index in [1.165, 1.54) is 12.2 Å². The summed E-state index contributed by atoms with van der Waals surface area (Å²) in [6.07, 6.45) is 5.29. The molecule has 2 aliphatic heterocycles. The number of carbonyl (C=O) groups excluding carboxylic acids is 6. The molecule has 2 N–H and O–H groups in total. The van der Waals surface area contributed by atoms with Gasteiger partial charge in [0.1, 0.15) is 6.73 Å². The molecule has 32 heavy (non-hydrogen) atoms. The molecule has 0 radical (unpaired) electrons. The second-order valence-electron chi connectivity index (χ2n) is 6.79. The Morgan fingerprint density at radius 2 is 1.16 bits per heavy atom. The Hall–Kier alpha value is -3.38. The van der Waals surface area contributed by atoms with E-state index in [4.69, 9.17) is 9.47 Å². The highest BCUT2D eigenvalue weighted by atomic mass is 16.5. The van der Waals surface area contributed by atoms with E-state index in [9.17, 15) is 28.8 Å². The lowest BCUT2D eigenvalue weighted by atomic mass is 10.3. The van der Waals surface area contributed by atoms with E-state index in [2.05, 4.69) is 10.6 Å². The second kappa shape index (κ2) is 13.1. The van der Waals surface area contributed by atoms with Gasteiger partial charge in [-0.3, -0.25) is 38.6 Å². The number of rotatable bonds is 15. The summed E-state index contributed by atoms with van der Waals surface area (Å²) >= 11 is 0. The standard InChI is InChI=1S/C20H26N4O8/c25-15(6-9-23-17(27)2-3-18(23)28)21-8-1-11-31-12-13-32-14-22-16(26)7-10-24-19(29)4-5-20(24)30/h2-5H,1,6-14H2,(H,21,25)(H,22,26). The zero-order valence-corrected chi connectivity index (χ0v) is 17.5. The van der Waals surface area contributed by atoms with E-state index in [0.29, 0.717) is 26.2 Å². The molecule has 0 spiro atoms. The van der Waals surface area contributed by atoms with Crippen molar-refractivity contribution in [3.63, 3.8) is 0 Å². The molecule has 12 nitrogen and oxygen atoms in total. The average Bonchev–Trinajstić information content (AvgIpc) is 3.26. The van der Waals surface area contributed by atoms with Crippen LogP contribution in [-0.2, 0) is 38.2 Å². The highest BCUT2D eigenvalue weighted by Gasteiger charge is 2.24. The quantitative estimate of drug-likeness (QED) is 0.169. The third kappa shape index (κ3) is 8.40. The topological polar surface area (TPSA) is 151 Å². The lowest BCUT2D eigenvalue weighted by molar-refractivity contribution is -0.139. The van der Waals surface area contributed by atoms with Crippen LogP contribution >= 0.6 is 0 Å². The highest BCUT2D eigenvalue weighted by Crippen LogP contribution is 2.04. The molecular formula is C20H26N4O8. The zero-order chi connectivity index (χ0) is 23.3. The summed E-state index contributed by atoms with van der Waals surface area (Å²) in [6, 6.07) is 0. The van der Waals surface area contributed by atoms with Crippen LogP contribution in [-0.4, -0.2) is 91.4 Å². The number of imide groups is 2. The fourth-order valence-electron chi connectivity index (χ4n) is 2.73. The van der Waals surface area contributed by atoms with Gasteiger partial charge in [0.05, 0.1) is 13.2 Å². The molecule has 2 heterocycles. The number of nitrogens with zero attached hydrogens (tertiary/aromatic N) is 2. The number of amides is 6. The molecule has 0 bridgehead atoms. The van der Waals surface area contributed by atoms with E-state index in [-0.39, 0.29) is 51.1 Å². The Labute approximate surface area is 184 Å². The minimum Gasteiger partial charge on any atom is -0.379 e. The van der Waals surface area contributed by atoms with Crippen molar-refractivity contribution in [3.05, 3.63) is 24.3 Å². The molecule has 0 saturated carbocycles. The maximum atomic E-state index is 11.7. The van der Waals surface area contributed by atoms with Gasteiger partial charge in [0, 0.05) is 63.4 Å². The third-order valence-electron chi connectivity index (χ3n) is 4.46. The minimum absolute atomic E-state index is 0.00766. The van der Waals surface area contributed by atoms with Gasteiger partial charge in [-0.25, -0.2) is 0 Å². The van der Waals surface area contributed by atoms with Crippen molar-refractivity contribution in [3.8, 4) is 0 Å². The van der Waals surface area contributed by atoms with Crippen molar-refractivity contribution in [1.29, 1.82) is 0 Å². The van der Waals surface area contributed by atoms with Crippen LogP contribution in [0.5, 0.6) is 0 Å². The maximum absolute atomic E-state index is 11.7. The molecule has 0 atom stereocenters. The molecule has 2 rings (SSSR count). The lowest BCUT2D eigenvalue weighted by Crippen LogP contribution is -2.35. The van der Waals surface area contributed by atoms with Gasteiger partial charge in [0.25, 0.3) is 23.6 Å². The summed E-state index contributed by atoms with van der Waals surface area (Å²) in [5, 5.41) is 5.19. The number of ether oxygens (including phenoxy) is 2. The highest BCUT2D eigenvalue weighted by molar-refractivity contribution is 6.13. The summed E-state index contributed by atoms with van der Waals surface area (Å²) in [6.45, 7) is 1.40. The van der Waals surface area contributed by atoms with Gasteiger partial charge in [-0.05, 0) is 6.42 Å². The molecule has 12 heteroatoms. The molecule has 0 fully saturated rings. The fraction of sp³-hybridized carbons (Fsp3) is 0.500. The monoisotopic (exact) mass is 450 g/mol. The first-order chi connectivity index (χ1) is 15.4. The van der Waals surface area contributed by atoms with Crippen LogP contribution in [0.15, 0.2) is 24.3 Å². The summed E-state index contributed by atoms with van der Waals surface area (Å²) in [5.41, 5.74) is 0. The summed E-state index contributed by atoms with van der Waals surface area (Å²) in [5.74, 6) is -2.28. The summed E-state index contributed by atoms with van der Waals surface area (Å²) < 4.78 is 10.6. The van der Waals surface area contributed by atoms with Crippen molar-refractivity contribution in [2.75, 3.05) is 46.2 Å². The van der Waals surface area contributed by atoms with Crippen molar-refractivity contribution < 1.29 is 38.2 Å². The molecule has 0 aromatic carbocycles. The van der Waals surface area contributed by atoms with Crippen LogP contribution in [0.2, 0.25) is 0 Å². The first kappa shape index (κ1) is 24.9. The smallest absolute Gasteiger partial charge is 0.253 e. The molecule has 6 amide bonds. The second-order valence-corrected chi connectivity index (χ2v) is 6.79. The van der Waals surface area contributed by atoms with E-state index < -0.39 is 23.6 Å². The predicted octanol–water partition coefficient (Wildman–Crippen LogP) is -1.77. The Balaban J connectivity index is 1.36. The molecule has 0 aromatic rings. The molecular weight excluding hydrogens is 424 g/mol. The summed E-state index contributed by atoms with van der Waals surface area (Å²) in [7, 11) is 0. The largest absolute Gasteiger partial charge is 0.379 e. The van der Waals surface area contributed by atoms with E-state index >= 15 is 0 Å². The van der Waals surface area contributed by atoms with Crippen molar-refractivity contribution in [2.45, 2.75) is 19.3 Å². The van der Waals surface area contributed by atoms with Crippen LogP contribution < -0.4 is 10.6 Å². The number of hydrogen-bond donors (Lipinski definition) is 2. The van der Waals surface area contributed by atoms with E-state index in [1.54, 1.807) is 0 Å². The number of carbonyl (C=O) groups is 6. The van der Waals surface area contributed by atoms with Crippen LogP contribution in [0.3, 0.4) is 0 Å².